The fraction of sp³-hybridized carbons (Fsp3) is 0.450. The summed E-state index contributed by atoms with van der Waals surface area (Å²) in [6, 6.07) is 6.21. The lowest BCUT2D eigenvalue weighted by Gasteiger charge is -2.21. The van der Waals surface area contributed by atoms with Gasteiger partial charge < -0.3 is 9.47 Å². The average molecular weight is 453 g/mol. The van der Waals surface area contributed by atoms with Crippen LogP contribution in [0.1, 0.15) is 30.7 Å². The molecule has 0 bridgehead atoms. The minimum absolute atomic E-state index is 0.0725. The van der Waals surface area contributed by atoms with Gasteiger partial charge in [0.1, 0.15) is 11.6 Å². The second-order valence-corrected chi connectivity index (χ2v) is 10.3. The van der Waals surface area contributed by atoms with Crippen LogP contribution in [-0.2, 0) is 27.7 Å². The Morgan fingerprint density at radius 3 is 2.87 bits per heavy atom. The first-order valence-electron chi connectivity index (χ1n) is 9.72. The summed E-state index contributed by atoms with van der Waals surface area (Å²) in [7, 11) is -3.04. The number of amides is 1. The highest BCUT2D eigenvalue weighted by Crippen LogP contribution is 2.30. The van der Waals surface area contributed by atoms with E-state index in [9.17, 15) is 17.6 Å². The molecule has 1 amide bonds. The second-order valence-electron chi connectivity index (χ2n) is 7.17. The van der Waals surface area contributed by atoms with E-state index in [-0.39, 0.29) is 34.9 Å². The van der Waals surface area contributed by atoms with Crippen LogP contribution in [0.4, 0.5) is 4.39 Å². The molecule has 2 heterocycles. The summed E-state index contributed by atoms with van der Waals surface area (Å²) in [6.45, 7) is 6.90. The van der Waals surface area contributed by atoms with Gasteiger partial charge in [0.2, 0.25) is 5.91 Å². The van der Waals surface area contributed by atoms with E-state index in [1.165, 1.54) is 23.9 Å². The third-order valence-electron chi connectivity index (χ3n) is 4.98. The summed E-state index contributed by atoms with van der Waals surface area (Å²) >= 11 is 1.26. The van der Waals surface area contributed by atoms with E-state index in [2.05, 4.69) is 16.8 Å². The molecule has 0 saturated carbocycles. The summed E-state index contributed by atoms with van der Waals surface area (Å²) in [5.74, 6) is 0.398. The molecule has 1 aromatic heterocycles. The minimum atomic E-state index is -3.04. The van der Waals surface area contributed by atoms with Crippen molar-refractivity contribution in [1.29, 1.82) is 0 Å². The van der Waals surface area contributed by atoms with Crippen LogP contribution in [0, 0.1) is 5.82 Å². The highest BCUT2D eigenvalue weighted by Gasteiger charge is 2.33. The number of carbonyl (C=O) groups excluding carboxylic acids is 1. The number of halogens is 1. The predicted molar refractivity (Wildman–Crippen MR) is 114 cm³/mol. The molecule has 3 rings (SSSR count). The predicted octanol–water partition coefficient (Wildman–Crippen LogP) is 2.65. The molecule has 162 valence electrons. The molecular formula is C20H25FN4O3S2. The van der Waals surface area contributed by atoms with E-state index in [0.717, 1.165) is 5.56 Å². The zero-order chi connectivity index (χ0) is 21.7. The maximum Gasteiger partial charge on any atom is 0.233 e. The van der Waals surface area contributed by atoms with Crippen LogP contribution in [-0.4, -0.2) is 57.8 Å². The summed E-state index contributed by atoms with van der Waals surface area (Å²) in [5, 5.41) is 8.97. The van der Waals surface area contributed by atoms with E-state index < -0.39 is 9.84 Å². The van der Waals surface area contributed by atoms with Crippen LogP contribution in [0.3, 0.4) is 0 Å². The Kier molecular flexibility index (Phi) is 7.30. The van der Waals surface area contributed by atoms with Crippen LogP contribution in [0.15, 0.2) is 42.1 Å². The van der Waals surface area contributed by atoms with Gasteiger partial charge in [0.25, 0.3) is 0 Å². The van der Waals surface area contributed by atoms with Gasteiger partial charge in [-0.1, -0.05) is 30.0 Å². The van der Waals surface area contributed by atoms with Crippen molar-refractivity contribution < 1.29 is 17.6 Å². The van der Waals surface area contributed by atoms with Gasteiger partial charge in [0, 0.05) is 25.6 Å². The first-order valence-corrected chi connectivity index (χ1v) is 12.5. The molecule has 0 spiro atoms. The van der Waals surface area contributed by atoms with Gasteiger partial charge in [-0.2, -0.15) is 0 Å². The molecule has 7 nitrogen and oxygen atoms in total. The molecular weight excluding hydrogens is 427 g/mol. The molecule has 1 fully saturated rings. The molecule has 1 aromatic carbocycles. The Bertz CT molecular complexity index is 1020. The van der Waals surface area contributed by atoms with E-state index >= 15 is 0 Å². The standard InChI is InChI=1S/C20H25FN4O3S2/c1-3-9-25-19(16-8-10-30(27,28)14-16)22-23-20(25)29-13-18(26)24(4-2)12-15-6-5-7-17(21)11-15/h3,5-7,11,16H,1,4,8-10,12-14H2,2H3. The molecule has 0 aliphatic carbocycles. The van der Waals surface area contributed by atoms with Crippen molar-refractivity contribution in [3.63, 3.8) is 0 Å². The van der Waals surface area contributed by atoms with Crippen LogP contribution >= 0.6 is 11.8 Å². The monoisotopic (exact) mass is 452 g/mol. The van der Waals surface area contributed by atoms with E-state index in [0.29, 0.717) is 37.0 Å². The van der Waals surface area contributed by atoms with Gasteiger partial charge in [-0.25, -0.2) is 12.8 Å². The van der Waals surface area contributed by atoms with E-state index in [1.54, 1.807) is 23.1 Å². The topological polar surface area (TPSA) is 85.2 Å². The Balaban J connectivity index is 1.68. The molecule has 1 atom stereocenters. The Morgan fingerprint density at radius 1 is 1.43 bits per heavy atom. The number of hydrogen-bond donors (Lipinski definition) is 0. The average Bonchev–Trinajstić information content (AvgIpc) is 3.27. The second kappa shape index (κ2) is 9.74. The van der Waals surface area contributed by atoms with Crippen molar-refractivity contribution in [2.75, 3.05) is 23.8 Å². The lowest BCUT2D eigenvalue weighted by Crippen LogP contribution is -2.31. The van der Waals surface area contributed by atoms with Crippen molar-refractivity contribution in [3.05, 3.63) is 54.1 Å². The summed E-state index contributed by atoms with van der Waals surface area (Å²) in [5.41, 5.74) is 0.731. The van der Waals surface area contributed by atoms with E-state index in [4.69, 9.17) is 0 Å². The third kappa shape index (κ3) is 5.48. The first-order chi connectivity index (χ1) is 14.3. The van der Waals surface area contributed by atoms with Crippen molar-refractivity contribution in [1.82, 2.24) is 19.7 Å². The highest BCUT2D eigenvalue weighted by atomic mass is 32.2. The summed E-state index contributed by atoms with van der Waals surface area (Å²) in [4.78, 5) is 14.4. The number of hydrogen-bond acceptors (Lipinski definition) is 6. The van der Waals surface area contributed by atoms with Gasteiger partial charge in [0.15, 0.2) is 15.0 Å². The maximum atomic E-state index is 13.4. The molecule has 30 heavy (non-hydrogen) atoms. The van der Waals surface area contributed by atoms with Gasteiger partial charge in [-0.05, 0) is 31.0 Å². The van der Waals surface area contributed by atoms with Crippen molar-refractivity contribution in [3.8, 4) is 0 Å². The Morgan fingerprint density at radius 2 is 2.23 bits per heavy atom. The molecule has 2 aromatic rings. The van der Waals surface area contributed by atoms with Crippen LogP contribution in [0.2, 0.25) is 0 Å². The largest absolute Gasteiger partial charge is 0.338 e. The first kappa shape index (κ1) is 22.5. The molecule has 0 N–H and O–H groups in total. The molecule has 1 unspecified atom stereocenters. The highest BCUT2D eigenvalue weighted by molar-refractivity contribution is 7.99. The summed E-state index contributed by atoms with van der Waals surface area (Å²) < 4.78 is 38.9. The smallest absolute Gasteiger partial charge is 0.233 e. The number of benzene rings is 1. The zero-order valence-corrected chi connectivity index (χ0v) is 18.5. The van der Waals surface area contributed by atoms with Gasteiger partial charge >= 0.3 is 0 Å². The van der Waals surface area contributed by atoms with Gasteiger partial charge in [-0.3, -0.25) is 4.79 Å². The molecule has 10 heteroatoms. The normalized spacial score (nSPS) is 17.7. The van der Waals surface area contributed by atoms with Crippen LogP contribution < -0.4 is 0 Å². The quantitative estimate of drug-likeness (QED) is 0.430. The van der Waals surface area contributed by atoms with Crippen molar-refractivity contribution in [2.24, 2.45) is 0 Å². The number of sulfone groups is 1. The lowest BCUT2D eigenvalue weighted by molar-refractivity contribution is -0.128. The fourth-order valence-corrected chi connectivity index (χ4v) is 6.05. The van der Waals surface area contributed by atoms with Crippen molar-refractivity contribution in [2.45, 2.75) is 37.5 Å². The number of nitrogens with zero attached hydrogens (tertiary/aromatic N) is 4. The Hall–Kier alpha value is -2.20. The number of aromatic nitrogens is 3. The Labute approximate surface area is 180 Å². The van der Waals surface area contributed by atoms with E-state index in [1.807, 2.05) is 11.5 Å². The van der Waals surface area contributed by atoms with Gasteiger partial charge in [0.05, 0.1) is 17.3 Å². The molecule has 1 aliphatic rings. The minimum Gasteiger partial charge on any atom is -0.338 e. The lowest BCUT2D eigenvalue weighted by atomic mass is 10.1. The summed E-state index contributed by atoms with van der Waals surface area (Å²) in [6.07, 6.45) is 2.23. The zero-order valence-electron chi connectivity index (χ0n) is 16.8. The van der Waals surface area contributed by atoms with Crippen LogP contribution in [0.5, 0.6) is 0 Å². The van der Waals surface area contributed by atoms with Crippen LogP contribution in [0.25, 0.3) is 0 Å². The SMILES string of the molecule is C=CCn1c(SCC(=O)N(CC)Cc2cccc(F)c2)nnc1C1CCS(=O)(=O)C1. The molecule has 1 saturated heterocycles. The maximum absolute atomic E-state index is 13.4. The number of carbonyl (C=O) groups is 1. The number of rotatable bonds is 9. The van der Waals surface area contributed by atoms with Crippen molar-refractivity contribution >= 4 is 27.5 Å². The molecule has 1 aliphatic heterocycles. The van der Waals surface area contributed by atoms with Gasteiger partial charge in [-0.15, -0.1) is 16.8 Å². The third-order valence-corrected chi connectivity index (χ3v) is 7.70. The fourth-order valence-electron chi connectivity index (χ4n) is 3.46. The molecule has 0 radical (unpaired) electrons. The number of allylic oxidation sites excluding steroid dienone is 1. The number of thioether (sulfide) groups is 1.